The Morgan fingerprint density at radius 3 is 3.00 bits per heavy atom. The summed E-state index contributed by atoms with van der Waals surface area (Å²) in [6.07, 6.45) is 6.60. The summed E-state index contributed by atoms with van der Waals surface area (Å²) in [5, 5.41) is 3.62. The summed E-state index contributed by atoms with van der Waals surface area (Å²) in [7, 11) is 0. The predicted molar refractivity (Wildman–Crippen MR) is 66.0 cm³/mol. The van der Waals surface area contributed by atoms with Gasteiger partial charge in [0.1, 0.15) is 0 Å². The van der Waals surface area contributed by atoms with Gasteiger partial charge in [-0.1, -0.05) is 12.5 Å². The highest BCUT2D eigenvalue weighted by Crippen LogP contribution is 2.20. The third kappa shape index (κ3) is 3.03. The molecule has 0 amide bonds. The summed E-state index contributed by atoms with van der Waals surface area (Å²) in [6.45, 7) is 2.17. The fourth-order valence-corrected chi connectivity index (χ4v) is 2.45. The van der Waals surface area contributed by atoms with E-state index in [0.717, 1.165) is 12.1 Å². The number of hydrogen-bond donors (Lipinski definition) is 2. The summed E-state index contributed by atoms with van der Waals surface area (Å²) in [5.41, 5.74) is 7.10. The number of nitrogens with two attached hydrogens (primary N) is 1. The van der Waals surface area contributed by atoms with Gasteiger partial charge in [0, 0.05) is 24.3 Å². The third-order valence-corrected chi connectivity index (χ3v) is 3.33. The van der Waals surface area contributed by atoms with E-state index in [2.05, 4.69) is 23.3 Å². The van der Waals surface area contributed by atoms with Crippen LogP contribution in [0.1, 0.15) is 44.3 Å². The van der Waals surface area contributed by atoms with Gasteiger partial charge in [0.05, 0.1) is 5.69 Å². The lowest BCUT2D eigenvalue weighted by Crippen LogP contribution is -2.40. The van der Waals surface area contributed by atoms with Crippen LogP contribution in [0.15, 0.2) is 24.4 Å². The monoisotopic (exact) mass is 219 g/mol. The Balaban J connectivity index is 1.89. The van der Waals surface area contributed by atoms with Crippen molar-refractivity contribution in [3.63, 3.8) is 0 Å². The molecule has 1 fully saturated rings. The molecule has 2 unspecified atom stereocenters. The van der Waals surface area contributed by atoms with E-state index in [4.69, 9.17) is 5.73 Å². The molecule has 0 radical (unpaired) electrons. The van der Waals surface area contributed by atoms with Gasteiger partial charge < -0.3 is 11.1 Å². The molecule has 1 aliphatic rings. The normalized spacial score (nSPS) is 27.6. The van der Waals surface area contributed by atoms with Gasteiger partial charge in [-0.3, -0.25) is 4.98 Å². The molecular weight excluding hydrogens is 198 g/mol. The number of aromatic nitrogens is 1. The summed E-state index contributed by atoms with van der Waals surface area (Å²) < 4.78 is 0. The fraction of sp³-hybridized carbons (Fsp3) is 0.615. The van der Waals surface area contributed by atoms with Crippen molar-refractivity contribution in [2.75, 3.05) is 0 Å². The van der Waals surface area contributed by atoms with Crippen LogP contribution >= 0.6 is 0 Å². The Morgan fingerprint density at radius 1 is 1.44 bits per heavy atom. The van der Waals surface area contributed by atoms with Crippen molar-refractivity contribution in [3.8, 4) is 0 Å². The van der Waals surface area contributed by atoms with E-state index in [1.165, 1.54) is 19.3 Å². The molecule has 1 saturated carbocycles. The number of hydrogen-bond acceptors (Lipinski definition) is 3. The van der Waals surface area contributed by atoms with Gasteiger partial charge in [-0.2, -0.15) is 0 Å². The van der Waals surface area contributed by atoms with Crippen molar-refractivity contribution in [3.05, 3.63) is 30.1 Å². The van der Waals surface area contributed by atoms with Gasteiger partial charge in [-0.25, -0.2) is 0 Å². The van der Waals surface area contributed by atoms with Crippen LogP contribution in [-0.4, -0.2) is 17.1 Å². The number of nitrogens with one attached hydrogen (secondary N) is 1. The van der Waals surface area contributed by atoms with Gasteiger partial charge in [-0.15, -0.1) is 0 Å². The Kier molecular flexibility index (Phi) is 3.91. The van der Waals surface area contributed by atoms with Crippen LogP contribution in [0.2, 0.25) is 0 Å². The molecule has 16 heavy (non-hydrogen) atoms. The second-order valence-corrected chi connectivity index (χ2v) is 4.77. The molecule has 1 aromatic rings. The molecule has 3 heteroatoms. The maximum atomic E-state index is 5.98. The minimum Gasteiger partial charge on any atom is -0.328 e. The molecule has 3 N–H and O–H groups in total. The smallest absolute Gasteiger partial charge is 0.0570 e. The molecule has 3 atom stereocenters. The molecule has 0 saturated heterocycles. The maximum absolute atomic E-state index is 5.98. The molecule has 88 valence electrons. The average Bonchev–Trinajstić information content (AvgIpc) is 2.30. The Morgan fingerprint density at radius 2 is 2.31 bits per heavy atom. The lowest BCUT2D eigenvalue weighted by molar-refractivity contribution is 0.317. The van der Waals surface area contributed by atoms with Crippen LogP contribution in [0.25, 0.3) is 0 Å². The topological polar surface area (TPSA) is 50.9 Å². The van der Waals surface area contributed by atoms with Gasteiger partial charge in [0.25, 0.3) is 0 Å². The van der Waals surface area contributed by atoms with Crippen molar-refractivity contribution in [2.45, 2.75) is 50.7 Å². The molecule has 2 rings (SSSR count). The quantitative estimate of drug-likeness (QED) is 0.817. The van der Waals surface area contributed by atoms with Crippen molar-refractivity contribution in [1.29, 1.82) is 0 Å². The van der Waals surface area contributed by atoms with Crippen molar-refractivity contribution in [1.82, 2.24) is 10.3 Å². The number of rotatable bonds is 3. The lowest BCUT2D eigenvalue weighted by atomic mass is 9.91. The third-order valence-electron chi connectivity index (χ3n) is 3.33. The minimum atomic E-state index is 0.316. The highest BCUT2D eigenvalue weighted by Gasteiger charge is 2.20. The van der Waals surface area contributed by atoms with Crippen LogP contribution in [0.5, 0.6) is 0 Å². The van der Waals surface area contributed by atoms with Gasteiger partial charge in [0.2, 0.25) is 0 Å². The Bertz CT molecular complexity index is 312. The van der Waals surface area contributed by atoms with E-state index in [-0.39, 0.29) is 0 Å². The molecule has 3 nitrogen and oxygen atoms in total. The van der Waals surface area contributed by atoms with Crippen LogP contribution < -0.4 is 11.1 Å². The van der Waals surface area contributed by atoms with Crippen LogP contribution in [0.4, 0.5) is 0 Å². The predicted octanol–water partition coefficient (Wildman–Crippen LogP) is 2.00. The van der Waals surface area contributed by atoms with E-state index in [1.54, 1.807) is 0 Å². The van der Waals surface area contributed by atoms with E-state index in [0.29, 0.717) is 18.1 Å². The summed E-state index contributed by atoms with van der Waals surface area (Å²) in [6, 6.07) is 7.31. The lowest BCUT2D eigenvalue weighted by Gasteiger charge is -2.29. The molecular formula is C13H21N3. The number of pyridine rings is 1. The van der Waals surface area contributed by atoms with E-state index in [1.807, 2.05) is 18.3 Å². The molecule has 1 aromatic heterocycles. The van der Waals surface area contributed by atoms with E-state index in [9.17, 15) is 0 Å². The van der Waals surface area contributed by atoms with Gasteiger partial charge in [0.15, 0.2) is 0 Å². The fourth-order valence-electron chi connectivity index (χ4n) is 2.45. The van der Waals surface area contributed by atoms with Crippen LogP contribution in [0, 0.1) is 0 Å². The highest BCUT2D eigenvalue weighted by atomic mass is 15.0. The second-order valence-electron chi connectivity index (χ2n) is 4.77. The number of nitrogens with zero attached hydrogens (tertiary/aromatic N) is 1. The van der Waals surface area contributed by atoms with Crippen molar-refractivity contribution < 1.29 is 0 Å². The molecule has 0 aliphatic heterocycles. The van der Waals surface area contributed by atoms with Crippen molar-refractivity contribution in [2.24, 2.45) is 5.73 Å². The Hall–Kier alpha value is -0.930. The average molecular weight is 219 g/mol. The zero-order valence-electron chi connectivity index (χ0n) is 9.89. The highest BCUT2D eigenvalue weighted by molar-refractivity contribution is 5.08. The zero-order valence-corrected chi connectivity index (χ0v) is 9.89. The second kappa shape index (κ2) is 5.41. The first kappa shape index (κ1) is 11.6. The van der Waals surface area contributed by atoms with Crippen LogP contribution in [0.3, 0.4) is 0 Å². The van der Waals surface area contributed by atoms with Gasteiger partial charge >= 0.3 is 0 Å². The molecule has 1 aliphatic carbocycles. The van der Waals surface area contributed by atoms with E-state index < -0.39 is 0 Å². The summed E-state index contributed by atoms with van der Waals surface area (Å²) in [5.74, 6) is 0. The summed E-state index contributed by atoms with van der Waals surface area (Å²) >= 11 is 0. The maximum Gasteiger partial charge on any atom is 0.0570 e. The molecule has 0 bridgehead atoms. The minimum absolute atomic E-state index is 0.316. The molecule has 0 aromatic carbocycles. The standard InChI is InChI=1S/C13H21N3/c1-10(13-7-2-3-8-15-13)16-12-6-4-5-11(14)9-12/h2-3,7-8,10-12,16H,4-6,9,14H2,1H3/t10-,11?,12?/m1/s1. The van der Waals surface area contributed by atoms with Gasteiger partial charge in [-0.05, 0) is 38.3 Å². The SMILES string of the molecule is C[C@@H](NC1CCCC(N)C1)c1ccccn1. The largest absolute Gasteiger partial charge is 0.328 e. The zero-order chi connectivity index (χ0) is 11.4. The Labute approximate surface area is 97.5 Å². The van der Waals surface area contributed by atoms with Crippen molar-refractivity contribution >= 4 is 0 Å². The first-order valence-electron chi connectivity index (χ1n) is 6.18. The first-order valence-corrected chi connectivity index (χ1v) is 6.18. The van der Waals surface area contributed by atoms with E-state index >= 15 is 0 Å². The molecule has 0 spiro atoms. The summed E-state index contributed by atoms with van der Waals surface area (Å²) in [4.78, 5) is 4.37. The van der Waals surface area contributed by atoms with Crippen LogP contribution in [-0.2, 0) is 0 Å². The first-order chi connectivity index (χ1) is 7.75. The molecule has 1 heterocycles.